The molecule has 1 saturated heterocycles. The number of hydrogen-bond donors (Lipinski definition) is 1. The quantitative estimate of drug-likeness (QED) is 0.908. The summed E-state index contributed by atoms with van der Waals surface area (Å²) >= 11 is 0. The molecule has 0 aromatic heterocycles. The number of carbonyl (C=O) groups excluding carboxylic acids is 2. The first kappa shape index (κ1) is 17.7. The van der Waals surface area contributed by atoms with Crippen molar-refractivity contribution in [1.82, 2.24) is 9.80 Å². The fourth-order valence-electron chi connectivity index (χ4n) is 3.23. The molecule has 1 saturated carbocycles. The highest BCUT2D eigenvalue weighted by Crippen LogP contribution is 2.21. The van der Waals surface area contributed by atoms with Crippen LogP contribution in [0.4, 0.5) is 14.9 Å². The van der Waals surface area contributed by atoms with Gasteiger partial charge in [-0.2, -0.15) is 0 Å². The molecule has 3 rings (SSSR count). The zero-order chi connectivity index (χ0) is 17.6. The molecule has 0 radical (unpaired) electrons. The Morgan fingerprint density at radius 1 is 1.04 bits per heavy atom. The van der Waals surface area contributed by atoms with Gasteiger partial charge in [-0.3, -0.25) is 4.79 Å². The molecule has 6 nitrogen and oxygen atoms in total. The Morgan fingerprint density at radius 3 is 2.28 bits per heavy atom. The summed E-state index contributed by atoms with van der Waals surface area (Å²) in [5, 5.41) is 2.74. The van der Waals surface area contributed by atoms with E-state index >= 15 is 0 Å². The number of nitrogens with one attached hydrogen (secondary N) is 1. The molecular formula is C18H24FN3O3. The molecule has 0 atom stereocenters. The Bertz CT molecular complexity index is 594. The summed E-state index contributed by atoms with van der Waals surface area (Å²) in [4.78, 5) is 27.8. The van der Waals surface area contributed by atoms with E-state index in [1.54, 1.807) is 9.80 Å². The van der Waals surface area contributed by atoms with Crippen molar-refractivity contribution in [2.24, 2.45) is 0 Å². The van der Waals surface area contributed by atoms with Crippen LogP contribution in [0.15, 0.2) is 24.3 Å². The molecule has 0 spiro atoms. The van der Waals surface area contributed by atoms with Crippen LogP contribution in [0.25, 0.3) is 0 Å². The number of hydrogen-bond acceptors (Lipinski definition) is 3. The highest BCUT2D eigenvalue weighted by atomic mass is 19.1. The molecule has 25 heavy (non-hydrogen) atoms. The minimum atomic E-state index is -0.343. The number of halogens is 1. The van der Waals surface area contributed by atoms with Crippen LogP contribution in [0.1, 0.15) is 25.7 Å². The van der Waals surface area contributed by atoms with Crippen molar-refractivity contribution in [3.05, 3.63) is 30.1 Å². The van der Waals surface area contributed by atoms with Crippen molar-refractivity contribution in [3.63, 3.8) is 0 Å². The third-order valence-corrected chi connectivity index (χ3v) is 4.76. The van der Waals surface area contributed by atoms with Gasteiger partial charge in [0, 0.05) is 31.9 Å². The lowest BCUT2D eigenvalue weighted by atomic mass is 10.3. The van der Waals surface area contributed by atoms with Crippen molar-refractivity contribution in [1.29, 1.82) is 0 Å². The van der Waals surface area contributed by atoms with Crippen molar-refractivity contribution in [2.45, 2.75) is 31.8 Å². The molecular weight excluding hydrogens is 325 g/mol. The maximum absolute atomic E-state index is 12.9. The summed E-state index contributed by atoms with van der Waals surface area (Å²) in [5.41, 5.74) is 0.551. The molecule has 2 aliphatic rings. The normalized spacial score (nSPS) is 18.4. The van der Waals surface area contributed by atoms with Crippen molar-refractivity contribution in [3.8, 4) is 0 Å². The maximum atomic E-state index is 12.9. The lowest BCUT2D eigenvalue weighted by Gasteiger charge is -2.34. The minimum absolute atomic E-state index is 0.00880. The first-order chi connectivity index (χ1) is 12.1. The van der Waals surface area contributed by atoms with Crippen LogP contribution < -0.4 is 5.32 Å². The lowest BCUT2D eigenvalue weighted by Crippen LogP contribution is -2.52. The molecule has 1 aromatic carbocycles. The number of anilines is 1. The van der Waals surface area contributed by atoms with Crippen molar-refractivity contribution >= 4 is 17.6 Å². The molecule has 0 bridgehead atoms. The topological polar surface area (TPSA) is 61.9 Å². The van der Waals surface area contributed by atoms with Crippen LogP contribution in [-0.4, -0.2) is 60.6 Å². The number of piperazine rings is 1. The number of nitrogens with zero attached hydrogens (tertiary/aromatic N) is 2. The summed E-state index contributed by atoms with van der Waals surface area (Å²) in [5.74, 6) is -0.351. The summed E-state index contributed by atoms with van der Waals surface area (Å²) in [6, 6.07) is 5.41. The third kappa shape index (κ3) is 4.92. The van der Waals surface area contributed by atoms with Gasteiger partial charge in [-0.05, 0) is 37.1 Å². The van der Waals surface area contributed by atoms with Gasteiger partial charge >= 0.3 is 6.03 Å². The number of urea groups is 1. The Hall–Kier alpha value is -2.15. The van der Waals surface area contributed by atoms with Crippen molar-refractivity contribution in [2.75, 3.05) is 38.1 Å². The van der Waals surface area contributed by atoms with E-state index in [-0.39, 0.29) is 30.5 Å². The summed E-state index contributed by atoms with van der Waals surface area (Å²) in [7, 11) is 0. The monoisotopic (exact) mass is 349 g/mol. The first-order valence-corrected chi connectivity index (χ1v) is 8.83. The zero-order valence-corrected chi connectivity index (χ0v) is 14.2. The van der Waals surface area contributed by atoms with E-state index in [9.17, 15) is 14.0 Å². The summed E-state index contributed by atoms with van der Waals surface area (Å²) in [6.45, 7) is 2.09. The number of amides is 3. The van der Waals surface area contributed by atoms with E-state index in [4.69, 9.17) is 4.74 Å². The van der Waals surface area contributed by atoms with Gasteiger partial charge in [-0.15, -0.1) is 0 Å². The lowest BCUT2D eigenvalue weighted by molar-refractivity contribution is -0.139. The molecule has 1 heterocycles. The van der Waals surface area contributed by atoms with Crippen LogP contribution in [-0.2, 0) is 9.53 Å². The Labute approximate surface area is 146 Å². The highest BCUT2D eigenvalue weighted by molar-refractivity contribution is 5.89. The molecule has 2 fully saturated rings. The van der Waals surface area contributed by atoms with E-state index in [2.05, 4.69) is 5.32 Å². The average Bonchev–Trinajstić information content (AvgIpc) is 3.15. The predicted octanol–water partition coefficient (Wildman–Crippen LogP) is 2.46. The molecule has 1 N–H and O–H groups in total. The molecule has 3 amide bonds. The SMILES string of the molecule is O=C(COC1CCCC1)N1CCN(C(=O)Nc2ccc(F)cc2)CC1. The molecule has 1 aliphatic carbocycles. The smallest absolute Gasteiger partial charge is 0.321 e. The van der Waals surface area contributed by atoms with Gasteiger partial charge in [-0.1, -0.05) is 12.8 Å². The van der Waals surface area contributed by atoms with E-state index in [0.29, 0.717) is 31.9 Å². The summed E-state index contributed by atoms with van der Waals surface area (Å²) in [6.07, 6.45) is 4.68. The van der Waals surface area contributed by atoms with Gasteiger partial charge in [0.2, 0.25) is 5.91 Å². The molecule has 7 heteroatoms. The number of rotatable bonds is 4. The van der Waals surface area contributed by atoms with Crippen LogP contribution >= 0.6 is 0 Å². The Kier molecular flexibility index (Phi) is 5.86. The van der Waals surface area contributed by atoms with Gasteiger partial charge in [0.05, 0.1) is 6.10 Å². The van der Waals surface area contributed by atoms with Gasteiger partial charge in [-0.25, -0.2) is 9.18 Å². The van der Waals surface area contributed by atoms with Crippen LogP contribution in [0.2, 0.25) is 0 Å². The minimum Gasteiger partial charge on any atom is -0.368 e. The fourth-order valence-corrected chi connectivity index (χ4v) is 3.23. The standard InChI is InChI=1S/C18H24FN3O3/c19-14-5-7-15(8-6-14)20-18(24)22-11-9-21(10-12-22)17(23)13-25-16-3-1-2-4-16/h5-8,16H,1-4,9-13H2,(H,20,24). The van der Waals surface area contributed by atoms with E-state index < -0.39 is 0 Å². The van der Waals surface area contributed by atoms with Gasteiger partial charge in [0.15, 0.2) is 0 Å². The van der Waals surface area contributed by atoms with E-state index in [1.807, 2.05) is 0 Å². The van der Waals surface area contributed by atoms with Crippen LogP contribution in [0.3, 0.4) is 0 Å². The van der Waals surface area contributed by atoms with E-state index in [0.717, 1.165) is 12.8 Å². The maximum Gasteiger partial charge on any atom is 0.321 e. The van der Waals surface area contributed by atoms with Gasteiger partial charge < -0.3 is 19.9 Å². The Balaban J connectivity index is 1.40. The molecule has 136 valence electrons. The van der Waals surface area contributed by atoms with Gasteiger partial charge in [0.25, 0.3) is 0 Å². The first-order valence-electron chi connectivity index (χ1n) is 8.83. The zero-order valence-electron chi connectivity index (χ0n) is 14.2. The summed E-state index contributed by atoms with van der Waals surface area (Å²) < 4.78 is 18.6. The second-order valence-corrected chi connectivity index (χ2v) is 6.52. The largest absolute Gasteiger partial charge is 0.368 e. The van der Waals surface area contributed by atoms with Crippen LogP contribution in [0.5, 0.6) is 0 Å². The van der Waals surface area contributed by atoms with E-state index in [1.165, 1.54) is 37.1 Å². The predicted molar refractivity (Wildman–Crippen MR) is 91.8 cm³/mol. The highest BCUT2D eigenvalue weighted by Gasteiger charge is 2.25. The molecule has 0 unspecified atom stereocenters. The van der Waals surface area contributed by atoms with Crippen molar-refractivity contribution < 1.29 is 18.7 Å². The van der Waals surface area contributed by atoms with Crippen LogP contribution in [0, 0.1) is 5.82 Å². The second-order valence-electron chi connectivity index (χ2n) is 6.52. The number of benzene rings is 1. The second kappa shape index (κ2) is 8.29. The average molecular weight is 349 g/mol. The fraction of sp³-hybridized carbons (Fsp3) is 0.556. The third-order valence-electron chi connectivity index (χ3n) is 4.76. The molecule has 1 aliphatic heterocycles. The number of ether oxygens (including phenoxy) is 1. The molecule has 1 aromatic rings. The Morgan fingerprint density at radius 2 is 1.64 bits per heavy atom. The van der Waals surface area contributed by atoms with Gasteiger partial charge in [0.1, 0.15) is 12.4 Å². The number of carbonyl (C=O) groups is 2.